The van der Waals surface area contributed by atoms with Crippen molar-refractivity contribution in [2.75, 3.05) is 19.7 Å². The molecule has 0 aliphatic carbocycles. The maximum atomic E-state index is 13.5. The molecule has 2 aliphatic heterocycles. The number of nitrogens with one attached hydrogen (secondary N) is 1. The molecule has 4 rings (SSSR count). The molecule has 7 nitrogen and oxygen atoms in total. The zero-order valence-corrected chi connectivity index (χ0v) is 21.2. The highest BCUT2D eigenvalue weighted by Gasteiger charge is 2.27. The second-order valence-electron chi connectivity index (χ2n) is 9.93. The molecule has 186 valence electrons. The van der Waals surface area contributed by atoms with E-state index in [4.69, 9.17) is 22.1 Å². The lowest BCUT2D eigenvalue weighted by Gasteiger charge is -2.32. The van der Waals surface area contributed by atoms with Crippen LogP contribution in [0.4, 0.5) is 4.39 Å². The van der Waals surface area contributed by atoms with Gasteiger partial charge >= 0.3 is 0 Å². The number of ether oxygens (including phenoxy) is 1. The molecule has 34 heavy (non-hydrogen) atoms. The summed E-state index contributed by atoms with van der Waals surface area (Å²) in [6.07, 6.45) is 3.82. The standard InChI is InChI=1S/C25H36FN5O2S/c1-17(2)18(3)27-24(32)20-10-12-29(13-11-20)16-31-25(34)30(15-22-5-4-14-33-22)23(28-31)19-6-8-21(26)9-7-19/h6-9,17-18,20,22H,4-5,10-16H2,1-3H3,(H,27,32). The topological polar surface area (TPSA) is 64.3 Å². The van der Waals surface area contributed by atoms with Crippen molar-refractivity contribution in [3.05, 3.63) is 34.9 Å². The molecule has 2 saturated heterocycles. The summed E-state index contributed by atoms with van der Waals surface area (Å²) in [5.74, 6) is 1.10. The largest absolute Gasteiger partial charge is 0.376 e. The number of hydrogen-bond acceptors (Lipinski definition) is 5. The molecule has 9 heteroatoms. The molecule has 0 bridgehead atoms. The zero-order chi connectivity index (χ0) is 24.2. The smallest absolute Gasteiger partial charge is 0.223 e. The Bertz CT molecular complexity index is 1020. The quantitative estimate of drug-likeness (QED) is 0.563. The normalized spacial score (nSPS) is 20.7. The van der Waals surface area contributed by atoms with Gasteiger partial charge in [0.1, 0.15) is 5.82 Å². The van der Waals surface area contributed by atoms with Crippen molar-refractivity contribution in [3.8, 4) is 11.4 Å². The first-order chi connectivity index (χ1) is 16.3. The lowest BCUT2D eigenvalue weighted by molar-refractivity contribution is -0.127. The van der Waals surface area contributed by atoms with E-state index < -0.39 is 0 Å². The van der Waals surface area contributed by atoms with E-state index in [2.05, 4.69) is 31.0 Å². The van der Waals surface area contributed by atoms with Crippen LogP contribution < -0.4 is 5.32 Å². The average Bonchev–Trinajstić information content (AvgIpc) is 3.44. The van der Waals surface area contributed by atoms with Gasteiger partial charge in [0.25, 0.3) is 0 Å². The SMILES string of the molecule is CC(C)C(C)NC(=O)C1CCN(Cn2nc(-c3ccc(F)cc3)n(CC3CCCO3)c2=S)CC1. The molecule has 1 aromatic heterocycles. The summed E-state index contributed by atoms with van der Waals surface area (Å²) < 4.78 is 23.9. The summed E-state index contributed by atoms with van der Waals surface area (Å²) >= 11 is 5.82. The monoisotopic (exact) mass is 489 g/mol. The molecule has 0 radical (unpaired) electrons. The second-order valence-corrected chi connectivity index (χ2v) is 10.3. The Morgan fingerprint density at radius 3 is 2.53 bits per heavy atom. The maximum absolute atomic E-state index is 13.5. The fourth-order valence-corrected chi connectivity index (χ4v) is 4.80. The number of carbonyl (C=O) groups is 1. The van der Waals surface area contributed by atoms with Crippen LogP contribution in [0, 0.1) is 22.4 Å². The lowest BCUT2D eigenvalue weighted by Crippen LogP contribution is -2.44. The number of halogens is 1. The summed E-state index contributed by atoms with van der Waals surface area (Å²) in [6.45, 7) is 9.93. The molecule has 2 aliphatic rings. The minimum atomic E-state index is -0.276. The fraction of sp³-hybridized carbons (Fsp3) is 0.640. The number of benzene rings is 1. The van der Waals surface area contributed by atoms with E-state index in [0.29, 0.717) is 23.9 Å². The first-order valence-corrected chi connectivity index (χ1v) is 12.8. The Kier molecular flexibility index (Phi) is 8.16. The van der Waals surface area contributed by atoms with Crippen LogP contribution in [0.1, 0.15) is 46.5 Å². The number of amides is 1. The minimum absolute atomic E-state index is 0.0530. The number of nitrogens with zero attached hydrogens (tertiary/aromatic N) is 4. The number of likely N-dealkylation sites (tertiary alicyclic amines) is 1. The fourth-order valence-electron chi connectivity index (χ4n) is 4.54. The minimum Gasteiger partial charge on any atom is -0.376 e. The van der Waals surface area contributed by atoms with Crippen LogP contribution in [0.3, 0.4) is 0 Å². The van der Waals surface area contributed by atoms with Gasteiger partial charge in [-0.2, -0.15) is 5.10 Å². The van der Waals surface area contributed by atoms with Gasteiger partial charge in [-0.3, -0.25) is 14.3 Å². The van der Waals surface area contributed by atoms with Gasteiger partial charge in [0.2, 0.25) is 5.91 Å². The molecular weight excluding hydrogens is 453 g/mol. The van der Waals surface area contributed by atoms with E-state index in [0.717, 1.165) is 56.8 Å². The molecule has 2 fully saturated rings. The third kappa shape index (κ3) is 5.93. The molecule has 1 N–H and O–H groups in total. The number of hydrogen-bond donors (Lipinski definition) is 1. The second kappa shape index (κ2) is 11.1. The van der Waals surface area contributed by atoms with Crippen molar-refractivity contribution in [1.29, 1.82) is 0 Å². The highest BCUT2D eigenvalue weighted by Crippen LogP contribution is 2.24. The number of aromatic nitrogens is 3. The van der Waals surface area contributed by atoms with Crippen LogP contribution in [-0.4, -0.2) is 57.0 Å². The van der Waals surface area contributed by atoms with E-state index in [1.807, 2.05) is 9.25 Å². The summed E-state index contributed by atoms with van der Waals surface area (Å²) in [5, 5.41) is 7.99. The highest BCUT2D eigenvalue weighted by molar-refractivity contribution is 7.71. The summed E-state index contributed by atoms with van der Waals surface area (Å²) in [7, 11) is 0. The first kappa shape index (κ1) is 25.0. The Balaban J connectivity index is 1.45. The van der Waals surface area contributed by atoms with Gasteiger partial charge in [-0.25, -0.2) is 9.07 Å². The maximum Gasteiger partial charge on any atom is 0.223 e. The van der Waals surface area contributed by atoms with Gasteiger partial charge in [0.15, 0.2) is 10.6 Å². The van der Waals surface area contributed by atoms with E-state index in [1.54, 1.807) is 12.1 Å². The molecule has 0 spiro atoms. The molecule has 1 aromatic carbocycles. The van der Waals surface area contributed by atoms with E-state index in [1.165, 1.54) is 12.1 Å². The van der Waals surface area contributed by atoms with Crippen molar-refractivity contribution in [2.24, 2.45) is 11.8 Å². The van der Waals surface area contributed by atoms with Crippen molar-refractivity contribution in [1.82, 2.24) is 24.6 Å². The van der Waals surface area contributed by atoms with Crippen LogP contribution in [-0.2, 0) is 22.7 Å². The number of rotatable bonds is 8. The van der Waals surface area contributed by atoms with Gasteiger partial charge in [0, 0.05) is 37.2 Å². The van der Waals surface area contributed by atoms with Crippen LogP contribution in [0.5, 0.6) is 0 Å². The molecule has 2 atom stereocenters. The number of piperidine rings is 1. The Morgan fingerprint density at radius 1 is 1.21 bits per heavy atom. The highest BCUT2D eigenvalue weighted by atomic mass is 32.1. The van der Waals surface area contributed by atoms with Gasteiger partial charge < -0.3 is 10.1 Å². The third-order valence-corrected chi connectivity index (χ3v) is 7.53. The summed E-state index contributed by atoms with van der Waals surface area (Å²) in [4.78, 5) is 14.9. The Hall–Kier alpha value is -2.10. The van der Waals surface area contributed by atoms with Crippen molar-refractivity contribution in [2.45, 2.75) is 71.8 Å². The van der Waals surface area contributed by atoms with Crippen LogP contribution in [0.2, 0.25) is 0 Å². The summed E-state index contributed by atoms with van der Waals surface area (Å²) in [5.41, 5.74) is 0.832. The van der Waals surface area contributed by atoms with Gasteiger partial charge in [-0.05, 0) is 75.0 Å². The zero-order valence-electron chi connectivity index (χ0n) is 20.4. The van der Waals surface area contributed by atoms with E-state index in [9.17, 15) is 9.18 Å². The molecule has 2 aromatic rings. The summed E-state index contributed by atoms with van der Waals surface area (Å²) in [6, 6.07) is 6.56. The van der Waals surface area contributed by atoms with E-state index in [-0.39, 0.29) is 29.8 Å². The molecular formula is C25H36FN5O2S. The number of carbonyl (C=O) groups excluding carboxylic acids is 1. The van der Waals surface area contributed by atoms with Crippen molar-refractivity contribution in [3.63, 3.8) is 0 Å². The van der Waals surface area contributed by atoms with E-state index >= 15 is 0 Å². The average molecular weight is 490 g/mol. The first-order valence-electron chi connectivity index (χ1n) is 12.4. The molecule has 3 heterocycles. The third-order valence-electron chi connectivity index (χ3n) is 7.10. The predicted octanol–water partition coefficient (Wildman–Crippen LogP) is 4.23. The van der Waals surface area contributed by atoms with Gasteiger partial charge in [-0.1, -0.05) is 13.8 Å². The van der Waals surface area contributed by atoms with Crippen LogP contribution in [0.25, 0.3) is 11.4 Å². The van der Waals surface area contributed by atoms with Crippen molar-refractivity contribution >= 4 is 18.1 Å². The predicted molar refractivity (Wildman–Crippen MR) is 132 cm³/mol. The van der Waals surface area contributed by atoms with Crippen LogP contribution in [0.15, 0.2) is 24.3 Å². The van der Waals surface area contributed by atoms with Gasteiger partial charge in [0.05, 0.1) is 19.3 Å². The molecule has 1 amide bonds. The van der Waals surface area contributed by atoms with Crippen LogP contribution >= 0.6 is 12.2 Å². The van der Waals surface area contributed by atoms with Gasteiger partial charge in [-0.15, -0.1) is 0 Å². The lowest BCUT2D eigenvalue weighted by atomic mass is 9.95. The molecule has 0 saturated carbocycles. The van der Waals surface area contributed by atoms with Crippen molar-refractivity contribution < 1.29 is 13.9 Å². The Morgan fingerprint density at radius 2 is 1.91 bits per heavy atom. The molecule has 2 unspecified atom stereocenters. The Labute approximate surface area is 206 Å².